The highest BCUT2D eigenvalue weighted by Gasteiger charge is 2.35. The van der Waals surface area contributed by atoms with Crippen molar-refractivity contribution in [1.82, 2.24) is 10.2 Å². The van der Waals surface area contributed by atoms with Gasteiger partial charge < -0.3 is 15.0 Å². The molecule has 3 aromatic rings. The van der Waals surface area contributed by atoms with Crippen LogP contribution >= 0.6 is 23.2 Å². The molecule has 1 heterocycles. The van der Waals surface area contributed by atoms with Crippen LogP contribution < -0.4 is 10.1 Å². The Hall–Kier alpha value is -3.30. The minimum atomic E-state index is 0.0420. The van der Waals surface area contributed by atoms with E-state index in [0.717, 1.165) is 59.4 Å². The van der Waals surface area contributed by atoms with Gasteiger partial charge in [0.05, 0.1) is 21.7 Å². The predicted molar refractivity (Wildman–Crippen MR) is 146 cm³/mol. The van der Waals surface area contributed by atoms with Gasteiger partial charge in [0.15, 0.2) is 0 Å². The van der Waals surface area contributed by atoms with E-state index in [0.29, 0.717) is 35.3 Å². The summed E-state index contributed by atoms with van der Waals surface area (Å²) in [5.41, 5.74) is 5.22. The molecular weight excluding hydrogens is 505 g/mol. The topological polar surface area (TPSA) is 65.4 Å². The van der Waals surface area contributed by atoms with Crippen LogP contribution in [0.1, 0.15) is 41.5 Å². The zero-order valence-corrected chi connectivity index (χ0v) is 21.9. The molecule has 1 N–H and O–H groups in total. The quantitative estimate of drug-likeness (QED) is 0.366. The fraction of sp³-hybridized carbons (Fsp3) is 0.267. The molecule has 1 aliphatic heterocycles. The van der Waals surface area contributed by atoms with Gasteiger partial charge in [-0.25, -0.2) is 0 Å². The number of carbonyl (C=O) groups is 1. The molecule has 1 saturated carbocycles. The molecule has 5 nitrogen and oxygen atoms in total. The minimum absolute atomic E-state index is 0.0420. The number of ether oxygens (including phenoxy) is 1. The number of rotatable bonds is 8. The number of carbonyl (C=O) groups excluding carboxylic acids is 1. The predicted octanol–water partition coefficient (Wildman–Crippen LogP) is 6.38. The van der Waals surface area contributed by atoms with Crippen molar-refractivity contribution in [2.45, 2.75) is 38.5 Å². The number of hydrogen-bond acceptors (Lipinski definition) is 4. The van der Waals surface area contributed by atoms with E-state index in [1.165, 1.54) is 0 Å². The van der Waals surface area contributed by atoms with E-state index in [-0.39, 0.29) is 11.9 Å². The average molecular weight is 532 g/mol. The number of amides is 1. The molecule has 3 aromatic carbocycles. The maximum atomic E-state index is 13.9. The maximum Gasteiger partial charge on any atom is 0.251 e. The Kier molecular flexibility index (Phi) is 7.81. The molecule has 0 spiro atoms. The molecule has 1 aliphatic carbocycles. The van der Waals surface area contributed by atoms with Crippen molar-refractivity contribution in [2.75, 3.05) is 13.1 Å². The molecule has 7 heteroatoms. The van der Waals surface area contributed by atoms with Crippen LogP contribution in [0.5, 0.6) is 5.75 Å². The lowest BCUT2D eigenvalue weighted by molar-refractivity contribution is -0.128. The van der Waals surface area contributed by atoms with Gasteiger partial charge in [-0.1, -0.05) is 59.6 Å². The van der Waals surface area contributed by atoms with Gasteiger partial charge in [-0.05, 0) is 78.4 Å². The highest BCUT2D eigenvalue weighted by atomic mass is 35.5. The minimum Gasteiger partial charge on any atom is -0.489 e. The Morgan fingerprint density at radius 3 is 2.70 bits per heavy atom. The summed E-state index contributed by atoms with van der Waals surface area (Å²) in [7, 11) is 0. The van der Waals surface area contributed by atoms with Crippen molar-refractivity contribution in [3.05, 3.63) is 105 Å². The number of nitrogens with zero attached hydrogens (tertiary/aromatic N) is 2. The summed E-state index contributed by atoms with van der Waals surface area (Å²) in [6.07, 6.45) is 2.75. The summed E-state index contributed by atoms with van der Waals surface area (Å²) in [6, 6.07) is 23.2. The molecular formula is C30H27Cl2N3O2. The van der Waals surface area contributed by atoms with Gasteiger partial charge in [0.1, 0.15) is 12.4 Å². The monoisotopic (exact) mass is 531 g/mol. The Balaban J connectivity index is 1.39. The van der Waals surface area contributed by atoms with E-state index < -0.39 is 0 Å². The van der Waals surface area contributed by atoms with Crippen molar-refractivity contribution in [3.63, 3.8) is 0 Å². The molecule has 0 bridgehead atoms. The summed E-state index contributed by atoms with van der Waals surface area (Å²) in [6.45, 7) is 2.13. The van der Waals surface area contributed by atoms with Crippen LogP contribution in [0.2, 0.25) is 10.0 Å². The largest absolute Gasteiger partial charge is 0.489 e. The Morgan fingerprint density at radius 1 is 1.08 bits per heavy atom. The van der Waals surface area contributed by atoms with Crippen molar-refractivity contribution in [2.24, 2.45) is 0 Å². The van der Waals surface area contributed by atoms with Gasteiger partial charge in [-0.2, -0.15) is 5.26 Å². The second-order valence-electron chi connectivity index (χ2n) is 9.39. The van der Waals surface area contributed by atoms with E-state index >= 15 is 0 Å². The van der Waals surface area contributed by atoms with Gasteiger partial charge in [-0.15, -0.1) is 0 Å². The third-order valence-electron chi connectivity index (χ3n) is 6.74. The van der Waals surface area contributed by atoms with Crippen LogP contribution in [0.15, 0.2) is 72.3 Å². The molecule has 0 atom stereocenters. The second kappa shape index (κ2) is 11.4. The van der Waals surface area contributed by atoms with Crippen molar-refractivity contribution in [1.29, 1.82) is 5.26 Å². The smallest absolute Gasteiger partial charge is 0.251 e. The molecule has 0 radical (unpaired) electrons. The number of benzene rings is 3. The molecule has 1 amide bonds. The molecule has 188 valence electrons. The van der Waals surface area contributed by atoms with Crippen molar-refractivity contribution < 1.29 is 9.53 Å². The van der Waals surface area contributed by atoms with Crippen LogP contribution in [-0.4, -0.2) is 29.9 Å². The Labute approximate surface area is 227 Å². The standard InChI is InChI=1S/C30H27Cl2N3O2/c31-28-9-3-7-23(29(28)32)18-35(24-10-11-24)30(36)27-17-34-13-12-26(27)22-6-2-8-25(15-22)37-19-21-5-1-4-20(14-21)16-33/h1-9,14-15,24,34H,10-13,17-19H2. The lowest BCUT2D eigenvalue weighted by Crippen LogP contribution is -2.39. The molecule has 2 aliphatic rings. The summed E-state index contributed by atoms with van der Waals surface area (Å²) in [5.74, 6) is 0.767. The molecule has 37 heavy (non-hydrogen) atoms. The summed E-state index contributed by atoms with van der Waals surface area (Å²) >= 11 is 12.7. The molecule has 0 unspecified atom stereocenters. The second-order valence-corrected chi connectivity index (χ2v) is 10.2. The van der Waals surface area contributed by atoms with Crippen molar-refractivity contribution in [3.8, 4) is 11.8 Å². The molecule has 0 saturated heterocycles. The number of hydrogen-bond donors (Lipinski definition) is 1. The van der Waals surface area contributed by atoms with Gasteiger partial charge >= 0.3 is 0 Å². The van der Waals surface area contributed by atoms with Gasteiger partial charge in [-0.3, -0.25) is 4.79 Å². The number of halogens is 2. The van der Waals surface area contributed by atoms with E-state index in [9.17, 15) is 4.79 Å². The third-order valence-corrected chi connectivity index (χ3v) is 7.60. The van der Waals surface area contributed by atoms with E-state index in [4.69, 9.17) is 33.2 Å². The molecule has 0 aromatic heterocycles. The van der Waals surface area contributed by atoms with E-state index in [2.05, 4.69) is 11.4 Å². The van der Waals surface area contributed by atoms with Crippen LogP contribution in [-0.2, 0) is 17.9 Å². The highest BCUT2D eigenvalue weighted by molar-refractivity contribution is 6.42. The van der Waals surface area contributed by atoms with Crippen LogP contribution in [0.4, 0.5) is 0 Å². The fourth-order valence-electron chi connectivity index (χ4n) is 4.66. The Bertz CT molecular complexity index is 1390. The zero-order valence-electron chi connectivity index (χ0n) is 20.3. The molecule has 5 rings (SSSR count). The van der Waals surface area contributed by atoms with Crippen LogP contribution in [0.3, 0.4) is 0 Å². The lowest BCUT2D eigenvalue weighted by atomic mass is 9.93. The lowest BCUT2D eigenvalue weighted by Gasteiger charge is -2.28. The normalized spacial score (nSPS) is 15.3. The van der Waals surface area contributed by atoms with Gasteiger partial charge in [0, 0.05) is 24.7 Å². The first-order chi connectivity index (χ1) is 18.0. The summed E-state index contributed by atoms with van der Waals surface area (Å²) in [4.78, 5) is 15.9. The van der Waals surface area contributed by atoms with Crippen LogP contribution in [0, 0.1) is 11.3 Å². The Morgan fingerprint density at radius 2 is 1.89 bits per heavy atom. The van der Waals surface area contributed by atoms with Crippen LogP contribution in [0.25, 0.3) is 5.57 Å². The number of nitriles is 1. The summed E-state index contributed by atoms with van der Waals surface area (Å²) < 4.78 is 6.05. The van der Waals surface area contributed by atoms with E-state index in [1.807, 2.05) is 59.5 Å². The highest BCUT2D eigenvalue weighted by Crippen LogP contribution is 2.35. The zero-order chi connectivity index (χ0) is 25.8. The fourth-order valence-corrected chi connectivity index (χ4v) is 5.04. The van der Waals surface area contributed by atoms with Gasteiger partial charge in [0.25, 0.3) is 5.91 Å². The van der Waals surface area contributed by atoms with Crippen molar-refractivity contribution >= 4 is 34.7 Å². The van der Waals surface area contributed by atoms with Gasteiger partial charge in [0.2, 0.25) is 0 Å². The molecule has 1 fully saturated rings. The first-order valence-corrected chi connectivity index (χ1v) is 13.2. The SMILES string of the molecule is N#Cc1cccc(COc2cccc(C3=C(C(=O)N(Cc4cccc(Cl)c4Cl)C4CC4)CNCC3)c2)c1. The number of nitrogens with one attached hydrogen (secondary N) is 1. The van der Waals surface area contributed by atoms with E-state index in [1.54, 1.807) is 12.1 Å². The third kappa shape index (κ3) is 5.99. The average Bonchev–Trinajstić information content (AvgIpc) is 3.78. The maximum absolute atomic E-state index is 13.9. The summed E-state index contributed by atoms with van der Waals surface area (Å²) in [5, 5.41) is 13.5. The first kappa shape index (κ1) is 25.4. The first-order valence-electron chi connectivity index (χ1n) is 12.4.